The molecular formula is C26H27N5O6S. The van der Waals surface area contributed by atoms with E-state index in [0.717, 1.165) is 23.7 Å². The number of H-pyrrole nitrogens is 2. The molecule has 2 aromatic carbocycles. The average molecular weight is 538 g/mol. The minimum absolute atomic E-state index is 0.108. The van der Waals surface area contributed by atoms with Gasteiger partial charge in [-0.3, -0.25) is 24.4 Å². The van der Waals surface area contributed by atoms with Crippen molar-refractivity contribution in [2.24, 2.45) is 4.99 Å². The number of thioether (sulfide) groups is 1. The Hall–Kier alpha value is -4.32. The molecule has 38 heavy (non-hydrogen) atoms. The van der Waals surface area contributed by atoms with Crippen LogP contribution in [0.5, 0.6) is 11.6 Å². The number of aromatic nitrogens is 2. The van der Waals surface area contributed by atoms with E-state index in [0.29, 0.717) is 23.6 Å². The number of ether oxygens (including phenoxy) is 1. The molecule has 2 amide bonds. The first-order chi connectivity index (χ1) is 18.3. The van der Waals surface area contributed by atoms with Crippen LogP contribution in [0.4, 0.5) is 5.69 Å². The van der Waals surface area contributed by atoms with Crippen molar-refractivity contribution in [1.82, 2.24) is 15.3 Å². The Morgan fingerprint density at radius 1 is 1.08 bits per heavy atom. The summed E-state index contributed by atoms with van der Waals surface area (Å²) in [6.07, 6.45) is 0.694. The number of carbonyl (C=O) groups is 2. The van der Waals surface area contributed by atoms with Crippen molar-refractivity contribution in [2.75, 3.05) is 11.9 Å². The number of aromatic hydroxyl groups is 1. The zero-order valence-electron chi connectivity index (χ0n) is 20.7. The van der Waals surface area contributed by atoms with Crippen LogP contribution in [0.15, 0.2) is 63.1 Å². The molecule has 11 nitrogen and oxygen atoms in total. The molecule has 198 valence electrons. The summed E-state index contributed by atoms with van der Waals surface area (Å²) >= 11 is 1.05. The quantitative estimate of drug-likeness (QED) is 0.280. The number of hydrogen-bond acceptors (Lipinski definition) is 8. The molecule has 0 bridgehead atoms. The SMILES string of the molecule is CCOc1ccc(NC(=O)C[C@@H]2SC(=N[C@@H](c3ccc(CC)cc3)c3c(O)[nH]c(=O)[nH]c3=O)NC2=O)cc1. The Labute approximate surface area is 221 Å². The molecule has 5 N–H and O–H groups in total. The molecular weight excluding hydrogens is 510 g/mol. The van der Waals surface area contributed by atoms with Gasteiger partial charge in [0.05, 0.1) is 6.61 Å². The normalized spacial score (nSPS) is 16.7. The van der Waals surface area contributed by atoms with Crippen molar-refractivity contribution >= 4 is 34.4 Å². The van der Waals surface area contributed by atoms with Gasteiger partial charge >= 0.3 is 5.69 Å². The monoisotopic (exact) mass is 537 g/mol. The number of nitrogens with one attached hydrogen (secondary N) is 4. The van der Waals surface area contributed by atoms with Gasteiger partial charge in [0, 0.05) is 12.1 Å². The second-order valence-electron chi connectivity index (χ2n) is 8.41. The molecule has 12 heteroatoms. The van der Waals surface area contributed by atoms with Gasteiger partial charge in [-0.1, -0.05) is 43.0 Å². The molecule has 1 saturated heterocycles. The van der Waals surface area contributed by atoms with Crippen LogP contribution in [0.3, 0.4) is 0 Å². The number of amides is 2. The first-order valence-electron chi connectivity index (χ1n) is 12.0. The van der Waals surface area contributed by atoms with Gasteiger partial charge in [0.1, 0.15) is 22.6 Å². The molecule has 0 aliphatic carbocycles. The first-order valence-corrected chi connectivity index (χ1v) is 12.9. The highest BCUT2D eigenvalue weighted by Crippen LogP contribution is 2.32. The van der Waals surface area contributed by atoms with E-state index in [2.05, 4.69) is 25.6 Å². The molecule has 0 spiro atoms. The lowest BCUT2D eigenvalue weighted by Gasteiger charge is -2.15. The van der Waals surface area contributed by atoms with Gasteiger partial charge < -0.3 is 20.5 Å². The van der Waals surface area contributed by atoms with Crippen LogP contribution in [0.2, 0.25) is 0 Å². The Balaban J connectivity index is 1.54. The van der Waals surface area contributed by atoms with Gasteiger partial charge in [0.25, 0.3) is 5.56 Å². The summed E-state index contributed by atoms with van der Waals surface area (Å²) in [6, 6.07) is 13.1. The summed E-state index contributed by atoms with van der Waals surface area (Å²) in [5.41, 5.74) is 0.356. The minimum atomic E-state index is -1.03. The van der Waals surface area contributed by atoms with E-state index in [1.807, 2.05) is 26.0 Å². The Bertz CT molecular complexity index is 1460. The third-order valence-electron chi connectivity index (χ3n) is 5.78. The van der Waals surface area contributed by atoms with Crippen molar-refractivity contribution in [3.8, 4) is 11.6 Å². The fraction of sp³-hybridized carbons (Fsp3) is 0.269. The van der Waals surface area contributed by atoms with Crippen LogP contribution in [0, 0.1) is 0 Å². The summed E-state index contributed by atoms with van der Waals surface area (Å²) < 4.78 is 5.39. The zero-order valence-corrected chi connectivity index (χ0v) is 21.6. The lowest BCUT2D eigenvalue weighted by atomic mass is 9.99. The fourth-order valence-corrected chi connectivity index (χ4v) is 4.87. The fourth-order valence-electron chi connectivity index (χ4n) is 3.88. The number of aliphatic imine (C=N–C) groups is 1. The third-order valence-corrected chi connectivity index (χ3v) is 6.87. The summed E-state index contributed by atoms with van der Waals surface area (Å²) in [4.78, 5) is 58.3. The van der Waals surface area contributed by atoms with Crippen molar-refractivity contribution in [2.45, 2.75) is 38.0 Å². The van der Waals surface area contributed by atoms with Crippen LogP contribution < -0.4 is 26.6 Å². The molecule has 1 aliphatic rings. The number of aryl methyl sites for hydroxylation is 1. The highest BCUT2D eigenvalue weighted by atomic mass is 32.2. The molecule has 1 aliphatic heterocycles. The molecule has 1 aromatic heterocycles. The van der Waals surface area contributed by atoms with Crippen molar-refractivity contribution in [3.63, 3.8) is 0 Å². The zero-order chi connectivity index (χ0) is 27.2. The topological polar surface area (TPSA) is 166 Å². The standard InChI is InChI=1S/C26H27N5O6S/c1-3-14-5-7-15(8-6-14)21(20-23(34)29-25(36)30-24(20)35)28-26-31-22(33)18(38-26)13-19(32)27-16-9-11-17(12-10-16)37-4-2/h5-12,18,21H,3-4,13H2,1-2H3,(H,27,32)(H,28,31,33)(H3,29,30,34,35,36)/t18-,21-/m0/s1. The second kappa shape index (κ2) is 11.8. The molecule has 2 atom stereocenters. The molecule has 0 saturated carbocycles. The summed E-state index contributed by atoms with van der Waals surface area (Å²) in [5.74, 6) is -0.698. The molecule has 0 radical (unpaired) electrons. The van der Waals surface area contributed by atoms with Gasteiger partial charge in [-0.15, -0.1) is 0 Å². The summed E-state index contributed by atoms with van der Waals surface area (Å²) in [5, 5.41) is 15.2. The number of nitrogens with zero attached hydrogens (tertiary/aromatic N) is 1. The smallest absolute Gasteiger partial charge is 0.328 e. The van der Waals surface area contributed by atoms with E-state index in [4.69, 9.17) is 4.74 Å². The number of aromatic amines is 2. The molecule has 1 fully saturated rings. The van der Waals surface area contributed by atoms with Crippen LogP contribution in [0.1, 0.15) is 43.0 Å². The minimum Gasteiger partial charge on any atom is -0.494 e. The van der Waals surface area contributed by atoms with Crippen LogP contribution in [0.25, 0.3) is 0 Å². The van der Waals surface area contributed by atoms with Crippen molar-refractivity contribution < 1.29 is 19.4 Å². The highest BCUT2D eigenvalue weighted by Gasteiger charge is 2.33. The van der Waals surface area contributed by atoms with Crippen molar-refractivity contribution in [3.05, 3.63) is 86.1 Å². The maximum atomic E-state index is 12.6. The van der Waals surface area contributed by atoms with E-state index in [1.165, 1.54) is 0 Å². The summed E-state index contributed by atoms with van der Waals surface area (Å²) in [7, 11) is 0. The number of benzene rings is 2. The maximum Gasteiger partial charge on any atom is 0.328 e. The molecule has 3 aromatic rings. The molecule has 0 unspecified atom stereocenters. The Morgan fingerprint density at radius 2 is 1.79 bits per heavy atom. The molecule has 2 heterocycles. The summed E-state index contributed by atoms with van der Waals surface area (Å²) in [6.45, 7) is 4.41. The number of rotatable bonds is 9. The average Bonchev–Trinajstić information content (AvgIpc) is 3.22. The van der Waals surface area contributed by atoms with Gasteiger partial charge in [-0.05, 0) is 48.7 Å². The Kier molecular flexibility index (Phi) is 8.31. The predicted octanol–water partition coefficient (Wildman–Crippen LogP) is 2.44. The predicted molar refractivity (Wildman–Crippen MR) is 145 cm³/mol. The van der Waals surface area contributed by atoms with E-state index >= 15 is 0 Å². The highest BCUT2D eigenvalue weighted by molar-refractivity contribution is 8.15. The van der Waals surface area contributed by atoms with Gasteiger partial charge in [0.2, 0.25) is 17.7 Å². The number of hydrogen-bond donors (Lipinski definition) is 5. The van der Waals surface area contributed by atoms with E-state index in [9.17, 15) is 24.3 Å². The third kappa shape index (κ3) is 6.32. The molecule has 4 rings (SSSR count). The van der Waals surface area contributed by atoms with E-state index < -0.39 is 34.3 Å². The lowest BCUT2D eigenvalue weighted by Crippen LogP contribution is -2.29. The van der Waals surface area contributed by atoms with Gasteiger partial charge in [-0.25, -0.2) is 9.79 Å². The van der Waals surface area contributed by atoms with Crippen LogP contribution >= 0.6 is 11.8 Å². The number of carbonyl (C=O) groups excluding carboxylic acids is 2. The number of anilines is 1. The maximum absolute atomic E-state index is 12.6. The van der Waals surface area contributed by atoms with E-state index in [1.54, 1.807) is 36.4 Å². The second-order valence-corrected chi connectivity index (χ2v) is 9.60. The van der Waals surface area contributed by atoms with Crippen LogP contribution in [-0.4, -0.2) is 43.9 Å². The number of amidine groups is 1. The first kappa shape index (κ1) is 26.7. The van der Waals surface area contributed by atoms with Gasteiger partial charge in [-0.2, -0.15) is 0 Å². The Morgan fingerprint density at radius 3 is 2.42 bits per heavy atom. The van der Waals surface area contributed by atoms with E-state index in [-0.39, 0.29) is 23.1 Å². The van der Waals surface area contributed by atoms with Crippen molar-refractivity contribution in [1.29, 1.82) is 0 Å². The largest absolute Gasteiger partial charge is 0.494 e. The van der Waals surface area contributed by atoms with Crippen LogP contribution in [-0.2, 0) is 16.0 Å². The lowest BCUT2D eigenvalue weighted by molar-refractivity contribution is -0.122. The van der Waals surface area contributed by atoms with Gasteiger partial charge in [0.15, 0.2) is 5.17 Å².